The van der Waals surface area contributed by atoms with Gasteiger partial charge in [0.25, 0.3) is 0 Å². The number of rotatable bonds is 6. The quantitative estimate of drug-likeness (QED) is 0.694. The van der Waals surface area contributed by atoms with Gasteiger partial charge in [-0.25, -0.2) is 0 Å². The summed E-state index contributed by atoms with van der Waals surface area (Å²) in [6, 6.07) is 1.04. The van der Waals surface area contributed by atoms with Crippen molar-refractivity contribution in [3.05, 3.63) is 0 Å². The van der Waals surface area contributed by atoms with Crippen LogP contribution in [0.15, 0.2) is 0 Å². The first-order chi connectivity index (χ1) is 7.33. The van der Waals surface area contributed by atoms with Gasteiger partial charge in [0, 0.05) is 32.3 Å². The zero-order valence-electron chi connectivity index (χ0n) is 10.2. The highest BCUT2D eigenvalue weighted by atomic mass is 16.5. The number of hydrogen-bond donors (Lipinski definition) is 1. The standard InChI is InChI=1S/C11H24N2O2/c1-4-13(6-8-14-3)11-9-15-7-5-10(11)12-2/h10-12H,4-9H2,1-3H3. The van der Waals surface area contributed by atoms with Gasteiger partial charge in [-0.3, -0.25) is 4.90 Å². The van der Waals surface area contributed by atoms with Crippen molar-refractivity contribution in [1.82, 2.24) is 10.2 Å². The van der Waals surface area contributed by atoms with E-state index in [2.05, 4.69) is 17.1 Å². The largest absolute Gasteiger partial charge is 0.383 e. The molecule has 2 atom stereocenters. The molecule has 90 valence electrons. The van der Waals surface area contributed by atoms with Crippen LogP contribution in [0, 0.1) is 0 Å². The van der Waals surface area contributed by atoms with E-state index in [0.717, 1.165) is 39.3 Å². The number of ether oxygens (including phenoxy) is 2. The lowest BCUT2D eigenvalue weighted by Gasteiger charge is -2.39. The molecule has 0 aliphatic carbocycles. The van der Waals surface area contributed by atoms with E-state index in [1.165, 1.54) is 0 Å². The predicted octanol–water partition coefficient (Wildman–Crippen LogP) is 0.332. The molecule has 1 aliphatic heterocycles. The van der Waals surface area contributed by atoms with Gasteiger partial charge >= 0.3 is 0 Å². The number of nitrogens with zero attached hydrogens (tertiary/aromatic N) is 1. The third-order valence-electron chi connectivity index (χ3n) is 3.15. The summed E-state index contributed by atoms with van der Waals surface area (Å²) in [4.78, 5) is 2.43. The van der Waals surface area contributed by atoms with Gasteiger partial charge in [-0.2, -0.15) is 0 Å². The lowest BCUT2D eigenvalue weighted by molar-refractivity contribution is -0.00696. The molecule has 0 spiro atoms. The maximum absolute atomic E-state index is 5.55. The van der Waals surface area contributed by atoms with E-state index in [1.54, 1.807) is 7.11 Å². The fourth-order valence-corrected chi connectivity index (χ4v) is 2.19. The highest BCUT2D eigenvalue weighted by Crippen LogP contribution is 2.13. The average molecular weight is 216 g/mol. The third-order valence-corrected chi connectivity index (χ3v) is 3.15. The molecule has 0 radical (unpaired) electrons. The van der Waals surface area contributed by atoms with Crippen molar-refractivity contribution < 1.29 is 9.47 Å². The molecule has 1 N–H and O–H groups in total. The van der Waals surface area contributed by atoms with Gasteiger partial charge in [-0.05, 0) is 20.0 Å². The van der Waals surface area contributed by atoms with Crippen LogP contribution < -0.4 is 5.32 Å². The van der Waals surface area contributed by atoms with E-state index in [0.29, 0.717) is 12.1 Å². The van der Waals surface area contributed by atoms with E-state index in [4.69, 9.17) is 9.47 Å². The molecular weight excluding hydrogens is 192 g/mol. The second-order valence-electron chi connectivity index (χ2n) is 3.95. The van der Waals surface area contributed by atoms with E-state index in [9.17, 15) is 0 Å². The van der Waals surface area contributed by atoms with Crippen LogP contribution in [0.4, 0.5) is 0 Å². The molecule has 2 unspecified atom stereocenters. The van der Waals surface area contributed by atoms with Gasteiger partial charge in [0.15, 0.2) is 0 Å². The summed E-state index contributed by atoms with van der Waals surface area (Å²) in [6.07, 6.45) is 1.10. The molecule has 0 aromatic rings. The van der Waals surface area contributed by atoms with Gasteiger partial charge in [0.1, 0.15) is 0 Å². The highest BCUT2D eigenvalue weighted by molar-refractivity contribution is 4.86. The lowest BCUT2D eigenvalue weighted by atomic mass is 10.0. The van der Waals surface area contributed by atoms with Gasteiger partial charge in [-0.1, -0.05) is 6.92 Å². The summed E-state index contributed by atoms with van der Waals surface area (Å²) in [5.74, 6) is 0. The normalized spacial score (nSPS) is 27.2. The van der Waals surface area contributed by atoms with E-state index in [1.807, 2.05) is 7.05 Å². The van der Waals surface area contributed by atoms with E-state index >= 15 is 0 Å². The first-order valence-corrected chi connectivity index (χ1v) is 5.81. The van der Waals surface area contributed by atoms with Crippen LogP contribution in [0.2, 0.25) is 0 Å². The smallest absolute Gasteiger partial charge is 0.0637 e. The monoisotopic (exact) mass is 216 g/mol. The summed E-state index contributed by atoms with van der Waals surface area (Å²) in [5, 5.41) is 3.38. The van der Waals surface area contributed by atoms with Crippen molar-refractivity contribution in [3.63, 3.8) is 0 Å². The van der Waals surface area contributed by atoms with Crippen molar-refractivity contribution in [2.45, 2.75) is 25.4 Å². The molecule has 15 heavy (non-hydrogen) atoms. The van der Waals surface area contributed by atoms with Crippen molar-refractivity contribution in [3.8, 4) is 0 Å². The number of likely N-dealkylation sites (N-methyl/N-ethyl adjacent to an activating group) is 2. The fourth-order valence-electron chi connectivity index (χ4n) is 2.19. The minimum absolute atomic E-state index is 0.490. The zero-order chi connectivity index (χ0) is 11.1. The van der Waals surface area contributed by atoms with E-state index < -0.39 is 0 Å². The maximum atomic E-state index is 5.55. The van der Waals surface area contributed by atoms with Crippen LogP contribution in [-0.2, 0) is 9.47 Å². The first-order valence-electron chi connectivity index (χ1n) is 5.81. The van der Waals surface area contributed by atoms with Crippen LogP contribution in [0.3, 0.4) is 0 Å². The Hall–Kier alpha value is -0.160. The first kappa shape index (κ1) is 12.9. The second-order valence-corrected chi connectivity index (χ2v) is 3.95. The van der Waals surface area contributed by atoms with Crippen molar-refractivity contribution in [2.75, 3.05) is 47.1 Å². The van der Waals surface area contributed by atoms with Crippen molar-refractivity contribution in [1.29, 1.82) is 0 Å². The van der Waals surface area contributed by atoms with Crippen LogP contribution >= 0.6 is 0 Å². The van der Waals surface area contributed by atoms with Crippen LogP contribution in [0.5, 0.6) is 0 Å². The zero-order valence-corrected chi connectivity index (χ0v) is 10.2. The molecule has 1 aliphatic rings. The van der Waals surface area contributed by atoms with E-state index in [-0.39, 0.29) is 0 Å². The molecule has 1 saturated heterocycles. The Morgan fingerprint density at radius 3 is 2.93 bits per heavy atom. The average Bonchev–Trinajstić information content (AvgIpc) is 2.30. The molecule has 4 nitrogen and oxygen atoms in total. The minimum Gasteiger partial charge on any atom is -0.383 e. The van der Waals surface area contributed by atoms with Gasteiger partial charge in [-0.15, -0.1) is 0 Å². The Kier molecular flexibility index (Phi) is 6.17. The highest BCUT2D eigenvalue weighted by Gasteiger charge is 2.28. The van der Waals surface area contributed by atoms with Crippen LogP contribution in [0.25, 0.3) is 0 Å². The van der Waals surface area contributed by atoms with Crippen molar-refractivity contribution >= 4 is 0 Å². The summed E-state index contributed by atoms with van der Waals surface area (Å²) in [5.41, 5.74) is 0. The third kappa shape index (κ3) is 3.72. The Labute approximate surface area is 92.9 Å². The molecule has 0 aromatic carbocycles. The van der Waals surface area contributed by atoms with Crippen LogP contribution in [0.1, 0.15) is 13.3 Å². The Morgan fingerprint density at radius 2 is 2.33 bits per heavy atom. The second kappa shape index (κ2) is 7.17. The molecule has 0 amide bonds. The molecule has 0 bridgehead atoms. The summed E-state index contributed by atoms with van der Waals surface area (Å²) in [7, 11) is 3.79. The molecular formula is C11H24N2O2. The summed E-state index contributed by atoms with van der Waals surface area (Å²) in [6.45, 7) is 6.74. The van der Waals surface area contributed by atoms with Crippen LogP contribution in [-0.4, -0.2) is 64.1 Å². The summed E-state index contributed by atoms with van der Waals surface area (Å²) < 4.78 is 10.7. The molecule has 0 aromatic heterocycles. The Bertz CT molecular complexity index is 167. The van der Waals surface area contributed by atoms with Gasteiger partial charge in [0.05, 0.1) is 13.2 Å². The Balaban J connectivity index is 2.47. The maximum Gasteiger partial charge on any atom is 0.0637 e. The predicted molar refractivity (Wildman–Crippen MR) is 61.2 cm³/mol. The molecule has 0 saturated carbocycles. The number of hydrogen-bond acceptors (Lipinski definition) is 4. The molecule has 1 rings (SSSR count). The number of nitrogens with one attached hydrogen (secondary N) is 1. The molecule has 1 fully saturated rings. The van der Waals surface area contributed by atoms with Gasteiger partial charge < -0.3 is 14.8 Å². The lowest BCUT2D eigenvalue weighted by Crippen LogP contribution is -2.55. The molecule has 1 heterocycles. The molecule has 4 heteroatoms. The fraction of sp³-hybridized carbons (Fsp3) is 1.00. The Morgan fingerprint density at radius 1 is 1.53 bits per heavy atom. The van der Waals surface area contributed by atoms with Crippen molar-refractivity contribution in [2.24, 2.45) is 0 Å². The SMILES string of the molecule is CCN(CCOC)C1COCCC1NC. The summed E-state index contributed by atoms with van der Waals surface area (Å²) >= 11 is 0. The van der Waals surface area contributed by atoms with Gasteiger partial charge in [0.2, 0.25) is 0 Å². The topological polar surface area (TPSA) is 33.7 Å². The number of methoxy groups -OCH3 is 1. The minimum atomic E-state index is 0.490.